The van der Waals surface area contributed by atoms with E-state index in [1.807, 2.05) is 0 Å². The van der Waals surface area contributed by atoms with Crippen LogP contribution in [0, 0.1) is 0 Å². The Morgan fingerprint density at radius 2 is 1.50 bits per heavy atom. The van der Waals surface area contributed by atoms with E-state index in [1.165, 1.54) is 22.4 Å². The molecule has 0 spiro atoms. The summed E-state index contributed by atoms with van der Waals surface area (Å²) < 4.78 is 0. The van der Waals surface area contributed by atoms with Crippen LogP contribution in [0.4, 0.5) is 5.69 Å². The first-order valence-corrected chi connectivity index (χ1v) is 6.45. The molecule has 0 aliphatic carbocycles. The Bertz CT molecular complexity index is 509. The van der Waals surface area contributed by atoms with Gasteiger partial charge in [-0.15, -0.1) is 0 Å². The van der Waals surface area contributed by atoms with Gasteiger partial charge in [-0.25, -0.2) is 0 Å². The van der Waals surface area contributed by atoms with Crippen LogP contribution in [0.5, 0.6) is 0 Å². The highest BCUT2D eigenvalue weighted by Gasteiger charge is 2.02. The maximum absolute atomic E-state index is 2.23. The predicted octanol–water partition coefficient (Wildman–Crippen LogP) is 4.54. The molecule has 1 heteroatoms. The van der Waals surface area contributed by atoms with Crippen molar-refractivity contribution in [2.75, 3.05) is 19.0 Å². The number of nitrogens with zero attached hydrogens (tertiary/aromatic N) is 1. The van der Waals surface area contributed by atoms with E-state index < -0.39 is 0 Å². The second-order valence-corrected chi connectivity index (χ2v) is 5.22. The van der Waals surface area contributed by atoms with E-state index in [0.29, 0.717) is 5.92 Å². The number of hydrogen-bond donors (Lipinski definition) is 0. The first-order valence-electron chi connectivity index (χ1n) is 6.45. The summed E-state index contributed by atoms with van der Waals surface area (Å²) >= 11 is 0. The van der Waals surface area contributed by atoms with Crippen LogP contribution in [0.25, 0.3) is 11.1 Å². The molecule has 0 atom stereocenters. The molecule has 0 radical (unpaired) electrons. The molecule has 2 aromatic rings. The van der Waals surface area contributed by atoms with Gasteiger partial charge in [0, 0.05) is 19.8 Å². The molecule has 0 aliphatic rings. The first-order chi connectivity index (χ1) is 8.58. The zero-order valence-electron chi connectivity index (χ0n) is 11.6. The van der Waals surface area contributed by atoms with Crippen molar-refractivity contribution in [1.82, 2.24) is 0 Å². The quantitative estimate of drug-likeness (QED) is 0.760. The SMILES string of the molecule is CC(C)c1ccc(-c2cccc(N(C)C)c2)cc1. The fourth-order valence-corrected chi connectivity index (χ4v) is 2.02. The molecule has 0 fully saturated rings. The fourth-order valence-electron chi connectivity index (χ4n) is 2.02. The van der Waals surface area contributed by atoms with E-state index in [0.717, 1.165) is 0 Å². The minimum atomic E-state index is 0.590. The van der Waals surface area contributed by atoms with Crippen molar-refractivity contribution < 1.29 is 0 Å². The van der Waals surface area contributed by atoms with Gasteiger partial charge in [-0.2, -0.15) is 0 Å². The second kappa shape index (κ2) is 5.26. The number of rotatable bonds is 3. The van der Waals surface area contributed by atoms with Gasteiger partial charge in [-0.05, 0) is 34.7 Å². The molecular formula is C17H21N. The summed E-state index contributed by atoms with van der Waals surface area (Å²) in [6.07, 6.45) is 0. The number of hydrogen-bond acceptors (Lipinski definition) is 1. The lowest BCUT2D eigenvalue weighted by Gasteiger charge is -2.14. The molecule has 0 unspecified atom stereocenters. The maximum atomic E-state index is 2.23. The molecular weight excluding hydrogens is 218 g/mol. The highest BCUT2D eigenvalue weighted by atomic mass is 15.1. The van der Waals surface area contributed by atoms with E-state index in [4.69, 9.17) is 0 Å². The maximum Gasteiger partial charge on any atom is 0.0367 e. The molecule has 0 heterocycles. The third kappa shape index (κ3) is 2.73. The summed E-state index contributed by atoms with van der Waals surface area (Å²) in [6, 6.07) is 17.5. The lowest BCUT2D eigenvalue weighted by molar-refractivity contribution is 0.867. The van der Waals surface area contributed by atoms with E-state index in [-0.39, 0.29) is 0 Å². The lowest BCUT2D eigenvalue weighted by Crippen LogP contribution is -2.08. The molecule has 0 saturated heterocycles. The molecule has 94 valence electrons. The Morgan fingerprint density at radius 1 is 0.833 bits per heavy atom. The van der Waals surface area contributed by atoms with Crippen molar-refractivity contribution in [3.8, 4) is 11.1 Å². The van der Waals surface area contributed by atoms with Crippen LogP contribution in [0.1, 0.15) is 25.3 Å². The van der Waals surface area contributed by atoms with Gasteiger partial charge < -0.3 is 4.90 Å². The van der Waals surface area contributed by atoms with Gasteiger partial charge in [0.05, 0.1) is 0 Å². The summed E-state index contributed by atoms with van der Waals surface area (Å²) in [5, 5.41) is 0. The molecule has 0 saturated carbocycles. The third-order valence-electron chi connectivity index (χ3n) is 3.27. The molecule has 0 aliphatic heterocycles. The van der Waals surface area contributed by atoms with Crippen LogP contribution in [0.15, 0.2) is 48.5 Å². The highest BCUT2D eigenvalue weighted by molar-refractivity contribution is 5.68. The molecule has 1 nitrogen and oxygen atoms in total. The van der Waals surface area contributed by atoms with Crippen molar-refractivity contribution >= 4 is 5.69 Å². The van der Waals surface area contributed by atoms with Gasteiger partial charge in [0.15, 0.2) is 0 Å². The van der Waals surface area contributed by atoms with Crippen molar-refractivity contribution in [3.63, 3.8) is 0 Å². The van der Waals surface area contributed by atoms with E-state index in [9.17, 15) is 0 Å². The van der Waals surface area contributed by atoms with E-state index in [2.05, 4.69) is 81.4 Å². The third-order valence-corrected chi connectivity index (χ3v) is 3.27. The van der Waals surface area contributed by atoms with Gasteiger partial charge in [0.2, 0.25) is 0 Å². The van der Waals surface area contributed by atoms with Crippen LogP contribution >= 0.6 is 0 Å². The van der Waals surface area contributed by atoms with Crippen molar-refractivity contribution in [1.29, 1.82) is 0 Å². The smallest absolute Gasteiger partial charge is 0.0367 e. The molecule has 0 N–H and O–H groups in total. The van der Waals surface area contributed by atoms with Gasteiger partial charge in [0.25, 0.3) is 0 Å². The topological polar surface area (TPSA) is 3.24 Å². The predicted molar refractivity (Wildman–Crippen MR) is 80.3 cm³/mol. The van der Waals surface area contributed by atoms with Crippen LogP contribution < -0.4 is 4.90 Å². The normalized spacial score (nSPS) is 10.7. The van der Waals surface area contributed by atoms with Crippen LogP contribution in [-0.2, 0) is 0 Å². The lowest BCUT2D eigenvalue weighted by atomic mass is 9.98. The minimum Gasteiger partial charge on any atom is -0.378 e. The Morgan fingerprint density at radius 3 is 2.06 bits per heavy atom. The van der Waals surface area contributed by atoms with Gasteiger partial charge >= 0.3 is 0 Å². The fraction of sp³-hybridized carbons (Fsp3) is 0.294. The van der Waals surface area contributed by atoms with Gasteiger partial charge in [-0.3, -0.25) is 0 Å². The summed E-state index contributed by atoms with van der Waals surface area (Å²) in [5.74, 6) is 0.590. The van der Waals surface area contributed by atoms with Crippen LogP contribution in [0.2, 0.25) is 0 Å². The molecule has 0 amide bonds. The Labute approximate surface area is 110 Å². The Hall–Kier alpha value is -1.76. The molecule has 0 aromatic heterocycles. The van der Waals surface area contributed by atoms with Crippen LogP contribution in [-0.4, -0.2) is 14.1 Å². The zero-order chi connectivity index (χ0) is 13.1. The second-order valence-electron chi connectivity index (χ2n) is 5.22. The highest BCUT2D eigenvalue weighted by Crippen LogP contribution is 2.25. The first kappa shape index (κ1) is 12.7. The molecule has 2 aromatic carbocycles. The van der Waals surface area contributed by atoms with E-state index in [1.54, 1.807) is 0 Å². The average molecular weight is 239 g/mol. The Kier molecular flexibility index (Phi) is 3.71. The van der Waals surface area contributed by atoms with Gasteiger partial charge in [-0.1, -0.05) is 50.2 Å². The Balaban J connectivity index is 2.33. The van der Waals surface area contributed by atoms with Crippen molar-refractivity contribution in [2.24, 2.45) is 0 Å². The molecule has 2 rings (SSSR count). The number of anilines is 1. The summed E-state index contributed by atoms with van der Waals surface area (Å²) in [5.41, 5.74) is 5.18. The summed E-state index contributed by atoms with van der Waals surface area (Å²) in [4.78, 5) is 2.13. The van der Waals surface area contributed by atoms with Crippen molar-refractivity contribution in [3.05, 3.63) is 54.1 Å². The molecule has 18 heavy (non-hydrogen) atoms. The summed E-state index contributed by atoms with van der Waals surface area (Å²) in [6.45, 7) is 4.45. The zero-order valence-corrected chi connectivity index (χ0v) is 11.6. The van der Waals surface area contributed by atoms with E-state index >= 15 is 0 Å². The van der Waals surface area contributed by atoms with Gasteiger partial charge in [0.1, 0.15) is 0 Å². The van der Waals surface area contributed by atoms with Crippen LogP contribution in [0.3, 0.4) is 0 Å². The standard InChI is InChI=1S/C17H21N/c1-13(2)14-8-10-15(11-9-14)16-6-5-7-17(12-16)18(3)4/h5-13H,1-4H3. The van der Waals surface area contributed by atoms with Crippen molar-refractivity contribution in [2.45, 2.75) is 19.8 Å². The summed E-state index contributed by atoms with van der Waals surface area (Å²) in [7, 11) is 4.14. The molecule has 0 bridgehead atoms. The monoisotopic (exact) mass is 239 g/mol. The number of benzene rings is 2. The largest absolute Gasteiger partial charge is 0.378 e. The minimum absolute atomic E-state index is 0.590. The average Bonchev–Trinajstić information content (AvgIpc) is 2.39.